The van der Waals surface area contributed by atoms with Crippen LogP contribution < -0.4 is 4.52 Å². The van der Waals surface area contributed by atoms with Crippen molar-refractivity contribution in [3.8, 4) is 5.88 Å². The second kappa shape index (κ2) is 3.53. The number of hydrogen-bond acceptors (Lipinski definition) is 3. The van der Waals surface area contributed by atoms with E-state index >= 15 is 0 Å². The molecule has 0 spiro atoms. The van der Waals surface area contributed by atoms with Gasteiger partial charge in [-0.25, -0.2) is 9.55 Å². The SMILES string of the molecule is O=P(O)(O)Oc1cccc(Br)n1. The molecule has 1 rings (SSSR count). The molecular weight excluding hydrogens is 249 g/mol. The van der Waals surface area contributed by atoms with Gasteiger partial charge in [0, 0.05) is 6.07 Å². The maximum atomic E-state index is 10.3. The van der Waals surface area contributed by atoms with Gasteiger partial charge in [0.1, 0.15) is 4.60 Å². The summed E-state index contributed by atoms with van der Waals surface area (Å²) in [6, 6.07) is 4.53. The second-order valence-electron chi connectivity index (χ2n) is 1.88. The average Bonchev–Trinajstić information content (AvgIpc) is 1.82. The van der Waals surface area contributed by atoms with Crippen LogP contribution in [-0.2, 0) is 4.57 Å². The van der Waals surface area contributed by atoms with Crippen LogP contribution in [0.2, 0.25) is 0 Å². The van der Waals surface area contributed by atoms with Crippen LogP contribution in [0.1, 0.15) is 0 Å². The lowest BCUT2D eigenvalue weighted by atomic mass is 10.5. The predicted octanol–water partition coefficient (Wildman–Crippen LogP) is 1.32. The van der Waals surface area contributed by atoms with Crippen LogP contribution in [0.3, 0.4) is 0 Å². The first kappa shape index (κ1) is 9.67. The fourth-order valence-electron chi connectivity index (χ4n) is 0.562. The van der Waals surface area contributed by atoms with Crippen LogP contribution >= 0.6 is 23.8 Å². The second-order valence-corrected chi connectivity index (χ2v) is 3.86. The molecule has 0 radical (unpaired) electrons. The molecule has 0 aliphatic carbocycles. The van der Waals surface area contributed by atoms with Crippen molar-refractivity contribution < 1.29 is 18.9 Å². The first-order chi connectivity index (χ1) is 5.47. The van der Waals surface area contributed by atoms with E-state index in [2.05, 4.69) is 25.4 Å². The monoisotopic (exact) mass is 253 g/mol. The standard InChI is InChI=1S/C5H5BrNO4P/c6-4-2-1-3-5(7-4)11-12(8,9)10/h1-3H,(H2,8,9,10). The zero-order valence-corrected chi connectivity index (χ0v) is 8.20. The highest BCUT2D eigenvalue weighted by Crippen LogP contribution is 2.36. The molecule has 0 unspecified atom stereocenters. The molecule has 0 aliphatic rings. The number of phosphoric ester groups is 1. The van der Waals surface area contributed by atoms with Gasteiger partial charge < -0.3 is 4.52 Å². The Bertz CT molecular complexity index is 325. The number of phosphoric acid groups is 1. The van der Waals surface area contributed by atoms with Gasteiger partial charge in [0.2, 0.25) is 5.88 Å². The molecule has 2 N–H and O–H groups in total. The van der Waals surface area contributed by atoms with E-state index in [9.17, 15) is 4.57 Å². The van der Waals surface area contributed by atoms with E-state index in [4.69, 9.17) is 9.79 Å². The van der Waals surface area contributed by atoms with Crippen molar-refractivity contribution in [1.29, 1.82) is 0 Å². The molecule has 1 aromatic rings. The van der Waals surface area contributed by atoms with Crippen LogP contribution in [-0.4, -0.2) is 14.8 Å². The number of aromatic nitrogens is 1. The Morgan fingerprint density at radius 3 is 2.67 bits per heavy atom. The van der Waals surface area contributed by atoms with Gasteiger partial charge in [-0.3, -0.25) is 9.79 Å². The molecule has 1 aromatic heterocycles. The summed E-state index contributed by atoms with van der Waals surface area (Å²) in [4.78, 5) is 20.5. The molecule has 66 valence electrons. The zero-order valence-electron chi connectivity index (χ0n) is 5.72. The number of hydrogen-bond donors (Lipinski definition) is 2. The Morgan fingerprint density at radius 2 is 2.17 bits per heavy atom. The third-order valence-corrected chi connectivity index (χ3v) is 1.77. The Hall–Kier alpha value is -0.420. The zero-order chi connectivity index (χ0) is 9.19. The molecule has 0 aliphatic heterocycles. The summed E-state index contributed by atoms with van der Waals surface area (Å²) in [5.74, 6) is -0.113. The van der Waals surface area contributed by atoms with Crippen LogP contribution in [0, 0.1) is 0 Å². The summed E-state index contributed by atoms with van der Waals surface area (Å²) in [6.45, 7) is 0. The van der Waals surface area contributed by atoms with Gasteiger partial charge >= 0.3 is 7.82 Å². The highest BCUT2D eigenvalue weighted by atomic mass is 79.9. The van der Waals surface area contributed by atoms with Crippen LogP contribution in [0.25, 0.3) is 0 Å². The largest absolute Gasteiger partial charge is 0.526 e. The summed E-state index contributed by atoms with van der Waals surface area (Å²) in [5, 5.41) is 0. The topological polar surface area (TPSA) is 79.7 Å². The molecule has 0 saturated heterocycles. The van der Waals surface area contributed by atoms with Crippen molar-refractivity contribution in [1.82, 2.24) is 4.98 Å². The number of pyridine rings is 1. The number of nitrogens with zero attached hydrogens (tertiary/aromatic N) is 1. The van der Waals surface area contributed by atoms with Crippen molar-refractivity contribution in [2.45, 2.75) is 0 Å². The summed E-state index contributed by atoms with van der Waals surface area (Å²) < 4.78 is 15.0. The molecule has 1 heterocycles. The van der Waals surface area contributed by atoms with Gasteiger partial charge in [0.05, 0.1) is 0 Å². The lowest BCUT2D eigenvalue weighted by Gasteiger charge is -2.04. The Morgan fingerprint density at radius 1 is 1.50 bits per heavy atom. The van der Waals surface area contributed by atoms with Gasteiger partial charge in [-0.05, 0) is 22.0 Å². The molecule has 0 fully saturated rings. The van der Waals surface area contributed by atoms with Crippen molar-refractivity contribution in [3.05, 3.63) is 22.8 Å². The number of rotatable bonds is 2. The number of halogens is 1. The van der Waals surface area contributed by atoms with Gasteiger partial charge in [-0.15, -0.1) is 0 Å². The summed E-state index contributed by atoms with van der Waals surface area (Å²) in [6.07, 6.45) is 0. The average molecular weight is 254 g/mol. The van der Waals surface area contributed by atoms with E-state index in [1.807, 2.05) is 0 Å². The van der Waals surface area contributed by atoms with E-state index < -0.39 is 7.82 Å². The highest BCUT2D eigenvalue weighted by molar-refractivity contribution is 9.10. The van der Waals surface area contributed by atoms with Gasteiger partial charge in [-0.1, -0.05) is 6.07 Å². The maximum absolute atomic E-state index is 10.3. The first-order valence-electron chi connectivity index (χ1n) is 2.85. The Balaban J connectivity index is 2.84. The van der Waals surface area contributed by atoms with Crippen LogP contribution in [0.5, 0.6) is 5.88 Å². The maximum Gasteiger partial charge on any atom is 0.526 e. The van der Waals surface area contributed by atoms with Crippen molar-refractivity contribution in [3.63, 3.8) is 0 Å². The summed E-state index contributed by atoms with van der Waals surface area (Å²) >= 11 is 3.03. The van der Waals surface area contributed by atoms with E-state index in [0.717, 1.165) is 0 Å². The molecule has 0 aromatic carbocycles. The lowest BCUT2D eigenvalue weighted by Crippen LogP contribution is -1.92. The Kier molecular flexibility index (Phi) is 2.85. The van der Waals surface area contributed by atoms with E-state index in [1.54, 1.807) is 12.1 Å². The molecule has 5 nitrogen and oxygen atoms in total. The highest BCUT2D eigenvalue weighted by Gasteiger charge is 2.16. The van der Waals surface area contributed by atoms with Gasteiger partial charge in [0.25, 0.3) is 0 Å². The molecular formula is C5H5BrNO4P. The van der Waals surface area contributed by atoms with Crippen LogP contribution in [0.15, 0.2) is 22.8 Å². The van der Waals surface area contributed by atoms with Crippen LogP contribution in [0.4, 0.5) is 0 Å². The molecule has 0 amide bonds. The minimum atomic E-state index is -4.49. The van der Waals surface area contributed by atoms with Gasteiger partial charge in [0.15, 0.2) is 0 Å². The fourth-order valence-corrected chi connectivity index (χ4v) is 1.24. The fraction of sp³-hybridized carbons (Fsp3) is 0. The van der Waals surface area contributed by atoms with E-state index in [1.165, 1.54) is 6.07 Å². The van der Waals surface area contributed by atoms with E-state index in [0.29, 0.717) is 4.60 Å². The first-order valence-corrected chi connectivity index (χ1v) is 5.17. The molecule has 0 bridgehead atoms. The molecule has 7 heteroatoms. The summed E-state index contributed by atoms with van der Waals surface area (Å²) in [5.41, 5.74) is 0. The van der Waals surface area contributed by atoms with Crippen molar-refractivity contribution in [2.75, 3.05) is 0 Å². The third kappa shape index (κ3) is 3.32. The molecule has 0 atom stereocenters. The third-order valence-electron chi connectivity index (χ3n) is 0.902. The van der Waals surface area contributed by atoms with Crippen molar-refractivity contribution >= 4 is 23.8 Å². The predicted molar refractivity (Wildman–Crippen MR) is 44.6 cm³/mol. The lowest BCUT2D eigenvalue weighted by molar-refractivity contribution is 0.279. The van der Waals surface area contributed by atoms with Crippen molar-refractivity contribution in [2.24, 2.45) is 0 Å². The quantitative estimate of drug-likeness (QED) is 0.614. The molecule has 0 saturated carbocycles. The Labute approximate surface area is 76.8 Å². The minimum absolute atomic E-state index is 0.113. The summed E-state index contributed by atoms with van der Waals surface area (Å²) in [7, 11) is -4.49. The van der Waals surface area contributed by atoms with Gasteiger partial charge in [-0.2, -0.15) is 0 Å². The van der Waals surface area contributed by atoms with E-state index in [-0.39, 0.29) is 5.88 Å². The minimum Gasteiger partial charge on any atom is -0.386 e. The normalized spacial score (nSPS) is 11.2. The molecule has 12 heavy (non-hydrogen) atoms. The smallest absolute Gasteiger partial charge is 0.386 e.